The summed E-state index contributed by atoms with van der Waals surface area (Å²) in [5, 5.41) is 29.2. The van der Waals surface area contributed by atoms with Gasteiger partial charge in [0.15, 0.2) is 0 Å². The molecular weight excluding hydrogens is 444 g/mol. The summed E-state index contributed by atoms with van der Waals surface area (Å²) >= 11 is 0. The van der Waals surface area contributed by atoms with E-state index in [1.165, 1.54) is 154 Å². The van der Waals surface area contributed by atoms with Crippen LogP contribution >= 0.6 is 0 Å². The van der Waals surface area contributed by atoms with Crippen molar-refractivity contribution >= 4 is 0 Å². The predicted octanol–water partition coefficient (Wildman–Crippen LogP) is 10.0. The van der Waals surface area contributed by atoms with Gasteiger partial charge in [-0.25, -0.2) is 0 Å². The average Bonchev–Trinajstić information content (AvgIpc) is 2.88. The monoisotopic (exact) mass is 513 g/mol. The summed E-state index contributed by atoms with van der Waals surface area (Å²) in [6.45, 7) is 2.96. The van der Waals surface area contributed by atoms with Crippen LogP contribution in [0.15, 0.2) is 0 Å². The van der Waals surface area contributed by atoms with E-state index in [-0.39, 0.29) is 0 Å². The standard InChI is InChI=1S/C33H68O3/c1-2-3-4-5-6-8-13-18-23-28-33(36,30-25-20-15-10-12-17-22-27-32-35)29-24-19-14-9-7-11-16-21-26-31-34/h34-36H,2-32H2,1H3. The summed E-state index contributed by atoms with van der Waals surface area (Å²) in [6.07, 6.45) is 36.0. The first-order chi connectivity index (χ1) is 17.7. The van der Waals surface area contributed by atoms with Crippen LogP contribution in [0, 0.1) is 0 Å². The van der Waals surface area contributed by atoms with Crippen molar-refractivity contribution in [3.8, 4) is 0 Å². The van der Waals surface area contributed by atoms with Gasteiger partial charge in [-0.3, -0.25) is 0 Å². The zero-order valence-electron chi connectivity index (χ0n) is 24.8. The van der Waals surface area contributed by atoms with Crippen molar-refractivity contribution in [1.82, 2.24) is 0 Å². The number of unbranched alkanes of at least 4 members (excludes halogenated alkanes) is 23. The molecule has 0 aromatic carbocycles. The minimum absolute atomic E-state index is 0.336. The highest BCUT2D eigenvalue weighted by molar-refractivity contribution is 4.78. The fraction of sp³-hybridized carbons (Fsp3) is 1.00. The van der Waals surface area contributed by atoms with Crippen molar-refractivity contribution in [3.05, 3.63) is 0 Å². The lowest BCUT2D eigenvalue weighted by molar-refractivity contribution is 0.00704. The van der Waals surface area contributed by atoms with E-state index in [0.717, 1.165) is 32.1 Å². The Morgan fingerprint density at radius 2 is 0.556 bits per heavy atom. The molecule has 1 unspecified atom stereocenters. The Hall–Kier alpha value is -0.120. The van der Waals surface area contributed by atoms with Crippen LogP contribution in [0.4, 0.5) is 0 Å². The number of hydrogen-bond donors (Lipinski definition) is 3. The second-order valence-electron chi connectivity index (χ2n) is 11.8. The van der Waals surface area contributed by atoms with Crippen LogP contribution in [-0.4, -0.2) is 34.1 Å². The van der Waals surface area contributed by atoms with Crippen LogP contribution in [0.3, 0.4) is 0 Å². The number of rotatable bonds is 31. The molecule has 0 bridgehead atoms. The molecule has 0 aromatic heterocycles. The SMILES string of the molecule is CCCCCCCCCCCC(O)(CCCCCCCCCCO)CCCCCCCCCCCO. The predicted molar refractivity (Wildman–Crippen MR) is 159 cm³/mol. The molecule has 0 rings (SSSR count). The zero-order valence-corrected chi connectivity index (χ0v) is 24.8. The van der Waals surface area contributed by atoms with Crippen molar-refractivity contribution in [1.29, 1.82) is 0 Å². The fourth-order valence-electron chi connectivity index (χ4n) is 5.57. The molecule has 0 heterocycles. The third kappa shape index (κ3) is 26.9. The molecular formula is C33H68O3. The molecule has 0 amide bonds. The maximum absolute atomic E-state index is 11.5. The topological polar surface area (TPSA) is 60.7 Å². The smallest absolute Gasteiger partial charge is 0.0647 e. The fourth-order valence-corrected chi connectivity index (χ4v) is 5.57. The Balaban J connectivity index is 4.05. The van der Waals surface area contributed by atoms with Crippen molar-refractivity contribution < 1.29 is 15.3 Å². The van der Waals surface area contributed by atoms with E-state index in [9.17, 15) is 5.11 Å². The van der Waals surface area contributed by atoms with Gasteiger partial charge in [-0.2, -0.15) is 0 Å². The largest absolute Gasteiger partial charge is 0.396 e. The van der Waals surface area contributed by atoms with Gasteiger partial charge in [0, 0.05) is 13.2 Å². The number of hydrogen-bond acceptors (Lipinski definition) is 3. The lowest BCUT2D eigenvalue weighted by atomic mass is 9.85. The second kappa shape index (κ2) is 29.4. The van der Waals surface area contributed by atoms with Crippen molar-refractivity contribution in [2.75, 3.05) is 13.2 Å². The lowest BCUT2D eigenvalue weighted by Crippen LogP contribution is -2.28. The third-order valence-corrected chi connectivity index (χ3v) is 8.10. The first-order valence-corrected chi connectivity index (χ1v) is 16.6. The molecule has 3 nitrogen and oxygen atoms in total. The Labute approximate surface area is 227 Å². The Morgan fingerprint density at radius 3 is 0.806 bits per heavy atom. The third-order valence-electron chi connectivity index (χ3n) is 8.10. The Morgan fingerprint density at radius 1 is 0.333 bits per heavy atom. The van der Waals surface area contributed by atoms with E-state index in [4.69, 9.17) is 10.2 Å². The van der Waals surface area contributed by atoms with Gasteiger partial charge in [-0.05, 0) is 32.1 Å². The van der Waals surface area contributed by atoms with Gasteiger partial charge < -0.3 is 15.3 Å². The van der Waals surface area contributed by atoms with E-state index in [1.807, 2.05) is 0 Å². The van der Waals surface area contributed by atoms with Crippen molar-refractivity contribution in [3.63, 3.8) is 0 Å². The average molecular weight is 513 g/mol. The van der Waals surface area contributed by atoms with Gasteiger partial charge >= 0.3 is 0 Å². The molecule has 36 heavy (non-hydrogen) atoms. The lowest BCUT2D eigenvalue weighted by Gasteiger charge is -2.29. The molecule has 0 aliphatic rings. The van der Waals surface area contributed by atoms with Gasteiger partial charge in [0.05, 0.1) is 5.60 Å². The summed E-state index contributed by atoms with van der Waals surface area (Å²) < 4.78 is 0. The van der Waals surface area contributed by atoms with Crippen molar-refractivity contribution in [2.45, 2.75) is 199 Å². The van der Waals surface area contributed by atoms with Gasteiger partial charge in [-0.1, -0.05) is 161 Å². The minimum Gasteiger partial charge on any atom is -0.396 e. The summed E-state index contributed by atoms with van der Waals surface area (Å²) in [7, 11) is 0. The van der Waals surface area contributed by atoms with E-state index in [1.54, 1.807) is 0 Å². The maximum Gasteiger partial charge on any atom is 0.0647 e. The molecule has 0 saturated heterocycles. The van der Waals surface area contributed by atoms with E-state index in [2.05, 4.69) is 6.92 Å². The molecule has 0 radical (unpaired) electrons. The normalized spacial score (nSPS) is 13.3. The summed E-state index contributed by atoms with van der Waals surface area (Å²) in [4.78, 5) is 0. The molecule has 0 aliphatic carbocycles. The maximum atomic E-state index is 11.5. The van der Waals surface area contributed by atoms with E-state index in [0.29, 0.717) is 13.2 Å². The molecule has 0 aliphatic heterocycles. The van der Waals surface area contributed by atoms with Gasteiger partial charge in [0.25, 0.3) is 0 Å². The highest BCUT2D eigenvalue weighted by Crippen LogP contribution is 2.29. The van der Waals surface area contributed by atoms with Crippen LogP contribution in [-0.2, 0) is 0 Å². The van der Waals surface area contributed by atoms with Gasteiger partial charge in [0.1, 0.15) is 0 Å². The van der Waals surface area contributed by atoms with Gasteiger partial charge in [-0.15, -0.1) is 0 Å². The molecule has 3 N–H and O–H groups in total. The minimum atomic E-state index is -0.424. The van der Waals surface area contributed by atoms with E-state index >= 15 is 0 Å². The molecule has 218 valence electrons. The molecule has 0 fully saturated rings. The summed E-state index contributed by atoms with van der Waals surface area (Å²) in [5.74, 6) is 0. The van der Waals surface area contributed by atoms with Crippen LogP contribution < -0.4 is 0 Å². The van der Waals surface area contributed by atoms with Crippen LogP contribution in [0.2, 0.25) is 0 Å². The molecule has 0 spiro atoms. The van der Waals surface area contributed by atoms with Crippen LogP contribution in [0.1, 0.15) is 193 Å². The highest BCUT2D eigenvalue weighted by atomic mass is 16.3. The second-order valence-corrected chi connectivity index (χ2v) is 11.8. The Kier molecular flexibility index (Phi) is 29.3. The quantitative estimate of drug-likeness (QED) is 0.0810. The molecule has 0 aromatic rings. The zero-order chi connectivity index (χ0) is 26.4. The first-order valence-electron chi connectivity index (χ1n) is 16.6. The first kappa shape index (κ1) is 35.9. The van der Waals surface area contributed by atoms with E-state index < -0.39 is 5.60 Å². The summed E-state index contributed by atoms with van der Waals surface area (Å²) in [6, 6.07) is 0. The molecule has 1 atom stereocenters. The molecule has 0 saturated carbocycles. The van der Waals surface area contributed by atoms with Crippen LogP contribution in [0.5, 0.6) is 0 Å². The number of aliphatic hydroxyl groups is 3. The molecule has 3 heteroatoms. The van der Waals surface area contributed by atoms with Crippen molar-refractivity contribution in [2.24, 2.45) is 0 Å². The highest BCUT2D eigenvalue weighted by Gasteiger charge is 2.25. The van der Waals surface area contributed by atoms with Gasteiger partial charge in [0.2, 0.25) is 0 Å². The Bertz CT molecular complexity index is 376. The summed E-state index contributed by atoms with van der Waals surface area (Å²) in [5.41, 5.74) is -0.424. The number of aliphatic hydroxyl groups excluding tert-OH is 2. The van der Waals surface area contributed by atoms with Crippen LogP contribution in [0.25, 0.3) is 0 Å².